The average molecular weight is 464 g/mol. The summed E-state index contributed by atoms with van der Waals surface area (Å²) in [4.78, 5) is 12.4. The molecule has 4 unspecified atom stereocenters. The highest BCUT2D eigenvalue weighted by molar-refractivity contribution is 5.73. The highest BCUT2D eigenvalue weighted by atomic mass is 19.1. The zero-order valence-electron chi connectivity index (χ0n) is 19.4. The number of ether oxygens (including phenoxy) is 1. The smallest absolute Gasteiger partial charge is 0.337 e. The van der Waals surface area contributed by atoms with Crippen LogP contribution < -0.4 is 0 Å². The third kappa shape index (κ3) is 5.36. The van der Waals surface area contributed by atoms with E-state index in [-0.39, 0.29) is 18.0 Å². The summed E-state index contributed by atoms with van der Waals surface area (Å²) in [6.07, 6.45) is 0.615. The van der Waals surface area contributed by atoms with Crippen LogP contribution in [-0.4, -0.2) is 47.8 Å². The highest BCUT2D eigenvalue weighted by Crippen LogP contribution is 2.49. The molecule has 3 aromatic carbocycles. The van der Waals surface area contributed by atoms with E-state index in [0.717, 1.165) is 24.9 Å². The number of rotatable bonds is 4. The molecule has 5 nitrogen and oxygen atoms in total. The second-order valence-corrected chi connectivity index (χ2v) is 9.15. The first-order chi connectivity index (χ1) is 16.3. The maximum Gasteiger partial charge on any atom is 0.337 e. The van der Waals surface area contributed by atoms with Crippen LogP contribution in [-0.2, 0) is 16.0 Å². The Bertz CT molecular complexity index is 1130. The van der Waals surface area contributed by atoms with Crippen molar-refractivity contribution in [2.45, 2.75) is 37.1 Å². The predicted molar refractivity (Wildman–Crippen MR) is 128 cm³/mol. The third-order valence-electron chi connectivity index (χ3n) is 6.39. The first-order valence-corrected chi connectivity index (χ1v) is 11.5. The Morgan fingerprint density at radius 1 is 1.03 bits per heavy atom. The molecule has 1 fully saturated rings. The van der Waals surface area contributed by atoms with Gasteiger partial charge in [0, 0.05) is 12.5 Å². The summed E-state index contributed by atoms with van der Waals surface area (Å²) in [5, 5.41) is 17.4. The number of nitrogens with zero attached hydrogens (tertiary/aromatic N) is 1. The highest BCUT2D eigenvalue weighted by Gasteiger charge is 2.40. The summed E-state index contributed by atoms with van der Waals surface area (Å²) >= 11 is 0. The van der Waals surface area contributed by atoms with Gasteiger partial charge in [0.15, 0.2) is 6.10 Å². The fourth-order valence-corrected chi connectivity index (χ4v) is 4.90. The quantitative estimate of drug-likeness (QED) is 0.587. The Hall–Kier alpha value is -3.06. The van der Waals surface area contributed by atoms with Crippen molar-refractivity contribution in [2.24, 2.45) is 0 Å². The average Bonchev–Trinajstić information content (AvgIpc) is 3.18. The van der Waals surface area contributed by atoms with Gasteiger partial charge in [-0.1, -0.05) is 60.7 Å². The molecule has 1 heterocycles. The lowest BCUT2D eigenvalue weighted by atomic mass is 9.87. The summed E-state index contributed by atoms with van der Waals surface area (Å²) in [7, 11) is 4.14. The number of carbonyl (C=O) groups is 1. The summed E-state index contributed by atoms with van der Waals surface area (Å²) < 4.78 is 20.2. The number of carboxylic acids is 1. The first-order valence-electron chi connectivity index (χ1n) is 11.5. The molecule has 0 amide bonds. The Kier molecular flexibility index (Phi) is 7.41. The molecule has 0 saturated carbocycles. The van der Waals surface area contributed by atoms with Crippen molar-refractivity contribution >= 4 is 5.97 Å². The molecule has 5 rings (SSSR count). The molecule has 4 atom stereocenters. The standard InChI is InChI=1S/C20H22FNO.C8H8O3/c1-22(2)12-16-11-19-17-6-4-3-5-13(17)9-14-7-8-15(21)10-18(14)20(19)23-16;9-7(8(10)11)6-4-2-1-3-5-6/h3-8,10,16,19-20H,9,11-12H2,1-2H3;1-5,7,9H,(H,10,11). The molecule has 6 heteroatoms. The molecule has 1 aliphatic heterocycles. The van der Waals surface area contributed by atoms with E-state index in [1.165, 1.54) is 16.7 Å². The van der Waals surface area contributed by atoms with Gasteiger partial charge in [0.05, 0.1) is 12.2 Å². The van der Waals surface area contributed by atoms with Crippen LogP contribution in [0, 0.1) is 5.82 Å². The van der Waals surface area contributed by atoms with Crippen LogP contribution in [0.4, 0.5) is 4.39 Å². The van der Waals surface area contributed by atoms with Crippen molar-refractivity contribution in [1.82, 2.24) is 4.90 Å². The van der Waals surface area contributed by atoms with E-state index in [9.17, 15) is 9.18 Å². The molecular weight excluding hydrogens is 433 g/mol. The van der Waals surface area contributed by atoms with Crippen molar-refractivity contribution in [3.05, 3.63) is 106 Å². The fourth-order valence-electron chi connectivity index (χ4n) is 4.90. The summed E-state index contributed by atoms with van der Waals surface area (Å²) in [6, 6.07) is 22.0. The summed E-state index contributed by atoms with van der Waals surface area (Å²) in [5.74, 6) is -1.08. The van der Waals surface area contributed by atoms with Crippen molar-refractivity contribution in [1.29, 1.82) is 0 Å². The van der Waals surface area contributed by atoms with E-state index in [1.54, 1.807) is 42.5 Å². The zero-order chi connectivity index (χ0) is 24.2. The van der Waals surface area contributed by atoms with Crippen LogP contribution in [0.3, 0.4) is 0 Å². The van der Waals surface area contributed by atoms with E-state index in [2.05, 4.69) is 43.3 Å². The fraction of sp³-hybridized carbons (Fsp3) is 0.321. The Balaban J connectivity index is 0.000000210. The molecular formula is C28H30FNO4. The second kappa shape index (κ2) is 10.5. The molecule has 1 saturated heterocycles. The number of halogens is 1. The molecule has 0 spiro atoms. The Morgan fingerprint density at radius 3 is 2.41 bits per heavy atom. The number of fused-ring (bicyclic) bond motifs is 5. The number of hydrogen-bond donors (Lipinski definition) is 2. The number of benzene rings is 3. The van der Waals surface area contributed by atoms with E-state index in [1.807, 2.05) is 6.07 Å². The van der Waals surface area contributed by atoms with Gasteiger partial charge in [0.25, 0.3) is 0 Å². The normalized spacial score (nSPS) is 21.4. The zero-order valence-corrected chi connectivity index (χ0v) is 19.4. The van der Waals surface area contributed by atoms with Crippen LogP contribution in [0.5, 0.6) is 0 Å². The first kappa shape index (κ1) is 24.1. The van der Waals surface area contributed by atoms with Crippen LogP contribution in [0.15, 0.2) is 72.8 Å². The minimum Gasteiger partial charge on any atom is -0.479 e. The van der Waals surface area contributed by atoms with Crippen LogP contribution in [0.2, 0.25) is 0 Å². The van der Waals surface area contributed by atoms with Crippen LogP contribution in [0.25, 0.3) is 0 Å². The number of likely N-dealkylation sites (N-methyl/N-ethyl adjacent to an activating group) is 1. The lowest BCUT2D eigenvalue weighted by Crippen LogP contribution is -2.25. The van der Waals surface area contributed by atoms with E-state index < -0.39 is 12.1 Å². The van der Waals surface area contributed by atoms with E-state index >= 15 is 0 Å². The Morgan fingerprint density at radius 2 is 1.71 bits per heavy atom. The van der Waals surface area contributed by atoms with E-state index in [4.69, 9.17) is 14.9 Å². The third-order valence-corrected chi connectivity index (χ3v) is 6.39. The minimum atomic E-state index is -1.41. The lowest BCUT2D eigenvalue weighted by Gasteiger charge is -2.20. The van der Waals surface area contributed by atoms with Gasteiger partial charge in [0.2, 0.25) is 0 Å². The van der Waals surface area contributed by atoms with Crippen molar-refractivity contribution < 1.29 is 24.1 Å². The maximum atomic E-state index is 13.9. The monoisotopic (exact) mass is 463 g/mol. The van der Waals surface area contributed by atoms with Gasteiger partial charge >= 0.3 is 5.97 Å². The molecule has 34 heavy (non-hydrogen) atoms. The van der Waals surface area contributed by atoms with Crippen LogP contribution in [0.1, 0.15) is 52.4 Å². The van der Waals surface area contributed by atoms with Gasteiger partial charge in [-0.2, -0.15) is 0 Å². The maximum absolute atomic E-state index is 13.9. The molecule has 0 aromatic heterocycles. The van der Waals surface area contributed by atoms with Crippen molar-refractivity contribution in [3.8, 4) is 0 Å². The second-order valence-electron chi connectivity index (χ2n) is 9.15. The van der Waals surface area contributed by atoms with Crippen molar-refractivity contribution in [2.75, 3.05) is 20.6 Å². The molecule has 2 aliphatic rings. The van der Waals surface area contributed by atoms with Gasteiger partial charge in [-0.05, 0) is 66.9 Å². The molecule has 0 bridgehead atoms. The number of aliphatic hydroxyl groups is 1. The van der Waals surface area contributed by atoms with Gasteiger partial charge < -0.3 is 19.8 Å². The van der Waals surface area contributed by atoms with E-state index in [0.29, 0.717) is 11.5 Å². The van der Waals surface area contributed by atoms with Gasteiger partial charge in [-0.15, -0.1) is 0 Å². The molecule has 2 N–H and O–H groups in total. The number of aliphatic carboxylic acids is 1. The topological polar surface area (TPSA) is 70.0 Å². The number of carboxylic acid groups (broad SMARTS) is 1. The molecule has 3 aromatic rings. The molecule has 178 valence electrons. The van der Waals surface area contributed by atoms with Gasteiger partial charge in [-0.3, -0.25) is 0 Å². The largest absolute Gasteiger partial charge is 0.479 e. The van der Waals surface area contributed by atoms with Crippen LogP contribution >= 0.6 is 0 Å². The SMILES string of the molecule is CN(C)CC1CC2c3ccccc3Cc3ccc(F)cc3C2O1.O=C(O)C(O)c1ccccc1. The number of hydrogen-bond acceptors (Lipinski definition) is 4. The Labute approximate surface area is 199 Å². The predicted octanol–water partition coefficient (Wildman–Crippen LogP) is 4.71. The molecule has 1 aliphatic carbocycles. The lowest BCUT2D eigenvalue weighted by molar-refractivity contribution is -0.146. The van der Waals surface area contributed by atoms with Crippen molar-refractivity contribution in [3.63, 3.8) is 0 Å². The van der Waals surface area contributed by atoms with Gasteiger partial charge in [-0.25, -0.2) is 9.18 Å². The van der Waals surface area contributed by atoms with Gasteiger partial charge in [0.1, 0.15) is 5.82 Å². The summed E-state index contributed by atoms with van der Waals surface area (Å²) in [5.41, 5.74) is 5.35. The molecule has 0 radical (unpaired) electrons. The minimum absolute atomic E-state index is 0.0331. The number of aliphatic hydroxyl groups excluding tert-OH is 1. The summed E-state index contributed by atoms with van der Waals surface area (Å²) in [6.45, 7) is 0.903.